The van der Waals surface area contributed by atoms with Gasteiger partial charge >= 0.3 is 0 Å². The second-order valence-electron chi connectivity index (χ2n) is 3.74. The first-order valence-corrected chi connectivity index (χ1v) is 5.72. The molecule has 0 aliphatic carbocycles. The van der Waals surface area contributed by atoms with Crippen LogP contribution in [-0.2, 0) is 4.74 Å². The van der Waals surface area contributed by atoms with Crippen LogP contribution in [0.4, 0.5) is 0 Å². The Morgan fingerprint density at radius 3 is 2.89 bits per heavy atom. The predicted molar refractivity (Wildman–Crippen MR) is 71.7 cm³/mol. The smallest absolute Gasteiger partial charge is 0.210 e. The fraction of sp³-hybridized carbons (Fsp3) is 0.154. The molecule has 0 aliphatic heterocycles. The molecule has 0 spiro atoms. The Kier molecular flexibility index (Phi) is 3.40. The number of benzene rings is 1. The fourth-order valence-electron chi connectivity index (χ4n) is 1.65. The van der Waals surface area contributed by atoms with Crippen molar-refractivity contribution in [1.29, 1.82) is 5.26 Å². The summed E-state index contributed by atoms with van der Waals surface area (Å²) < 4.78 is 6.76. The standard InChI is InChI=1S/C13H11N3OS/c1-9-6-12(13(18)17-2)16(15-9)11-5-3-4-10(7-11)8-14/h3-7H,1-2H3. The van der Waals surface area contributed by atoms with Gasteiger partial charge in [0.2, 0.25) is 5.05 Å². The first kappa shape index (κ1) is 12.3. The van der Waals surface area contributed by atoms with Crippen molar-refractivity contribution in [3.8, 4) is 11.8 Å². The van der Waals surface area contributed by atoms with Crippen molar-refractivity contribution in [2.75, 3.05) is 7.11 Å². The number of nitrogens with zero attached hydrogens (tertiary/aromatic N) is 3. The number of rotatable bonds is 2. The average Bonchev–Trinajstić information content (AvgIpc) is 2.80. The summed E-state index contributed by atoms with van der Waals surface area (Å²) in [4.78, 5) is 0. The van der Waals surface area contributed by atoms with Crippen LogP contribution in [-0.4, -0.2) is 21.9 Å². The van der Waals surface area contributed by atoms with E-state index < -0.39 is 0 Å². The molecule has 2 rings (SSSR count). The number of ether oxygens (including phenoxy) is 1. The van der Waals surface area contributed by atoms with Crippen LogP contribution >= 0.6 is 12.2 Å². The highest BCUT2D eigenvalue weighted by molar-refractivity contribution is 7.80. The zero-order valence-corrected chi connectivity index (χ0v) is 10.9. The molecule has 0 bridgehead atoms. The van der Waals surface area contributed by atoms with Crippen molar-refractivity contribution in [2.45, 2.75) is 6.92 Å². The zero-order chi connectivity index (χ0) is 13.1. The van der Waals surface area contributed by atoms with E-state index in [0.29, 0.717) is 16.3 Å². The van der Waals surface area contributed by atoms with Crippen molar-refractivity contribution in [2.24, 2.45) is 0 Å². The molecule has 0 saturated heterocycles. The number of aromatic nitrogens is 2. The third-order valence-corrected chi connectivity index (χ3v) is 2.82. The molecule has 0 N–H and O–H groups in total. The van der Waals surface area contributed by atoms with Crippen LogP contribution in [0.15, 0.2) is 30.3 Å². The lowest BCUT2D eigenvalue weighted by molar-refractivity contribution is 0.413. The van der Waals surface area contributed by atoms with Gasteiger partial charge in [0, 0.05) is 0 Å². The van der Waals surface area contributed by atoms with Gasteiger partial charge in [0.05, 0.1) is 30.1 Å². The molecule has 18 heavy (non-hydrogen) atoms. The third kappa shape index (κ3) is 2.24. The van der Waals surface area contributed by atoms with Gasteiger partial charge in [-0.05, 0) is 43.4 Å². The summed E-state index contributed by atoms with van der Waals surface area (Å²) in [5.41, 5.74) is 2.92. The van der Waals surface area contributed by atoms with Gasteiger partial charge in [-0.3, -0.25) is 0 Å². The van der Waals surface area contributed by atoms with E-state index in [4.69, 9.17) is 22.2 Å². The average molecular weight is 257 g/mol. The molecule has 0 fully saturated rings. The van der Waals surface area contributed by atoms with Crippen LogP contribution in [0, 0.1) is 18.3 Å². The van der Waals surface area contributed by atoms with Crippen molar-refractivity contribution in [1.82, 2.24) is 9.78 Å². The lowest BCUT2D eigenvalue weighted by Crippen LogP contribution is -2.09. The summed E-state index contributed by atoms with van der Waals surface area (Å²) in [7, 11) is 1.53. The Hall–Kier alpha value is -2.19. The van der Waals surface area contributed by atoms with Crippen LogP contribution in [0.5, 0.6) is 0 Å². The molecule has 4 nitrogen and oxygen atoms in total. The minimum Gasteiger partial charge on any atom is -0.485 e. The van der Waals surface area contributed by atoms with Crippen LogP contribution in [0.1, 0.15) is 17.0 Å². The van der Waals surface area contributed by atoms with E-state index in [1.807, 2.05) is 25.1 Å². The van der Waals surface area contributed by atoms with E-state index in [9.17, 15) is 0 Å². The van der Waals surface area contributed by atoms with Crippen molar-refractivity contribution in [3.05, 3.63) is 47.3 Å². The van der Waals surface area contributed by atoms with E-state index in [2.05, 4.69) is 11.2 Å². The Labute approximate surface area is 110 Å². The molecule has 0 saturated carbocycles. The molecule has 0 atom stereocenters. The molecule has 0 amide bonds. The highest BCUT2D eigenvalue weighted by Gasteiger charge is 2.12. The topological polar surface area (TPSA) is 50.8 Å². The Morgan fingerprint density at radius 2 is 2.22 bits per heavy atom. The van der Waals surface area contributed by atoms with Gasteiger partial charge in [-0.2, -0.15) is 10.4 Å². The Balaban J connectivity index is 2.56. The second-order valence-corrected chi connectivity index (χ2v) is 4.11. The monoisotopic (exact) mass is 257 g/mol. The number of aryl methyl sites for hydroxylation is 1. The molecule has 1 aromatic heterocycles. The molecule has 0 aliphatic rings. The van der Waals surface area contributed by atoms with Crippen LogP contribution in [0.2, 0.25) is 0 Å². The number of nitriles is 1. The lowest BCUT2D eigenvalue weighted by atomic mass is 10.2. The van der Waals surface area contributed by atoms with E-state index in [0.717, 1.165) is 11.4 Å². The van der Waals surface area contributed by atoms with E-state index in [1.165, 1.54) is 7.11 Å². The molecule has 0 radical (unpaired) electrons. The molecule has 0 unspecified atom stereocenters. The highest BCUT2D eigenvalue weighted by Crippen LogP contribution is 2.15. The maximum absolute atomic E-state index is 8.91. The Morgan fingerprint density at radius 1 is 1.44 bits per heavy atom. The zero-order valence-electron chi connectivity index (χ0n) is 10.0. The van der Waals surface area contributed by atoms with E-state index >= 15 is 0 Å². The van der Waals surface area contributed by atoms with Gasteiger partial charge in [0.1, 0.15) is 5.69 Å². The van der Waals surface area contributed by atoms with Gasteiger partial charge < -0.3 is 4.74 Å². The number of hydrogen-bond acceptors (Lipinski definition) is 4. The summed E-state index contributed by atoms with van der Waals surface area (Å²) in [5, 5.41) is 13.6. The van der Waals surface area contributed by atoms with Gasteiger partial charge in [-0.15, -0.1) is 0 Å². The minimum atomic E-state index is 0.373. The van der Waals surface area contributed by atoms with Crippen LogP contribution < -0.4 is 0 Å². The molecule has 1 aromatic carbocycles. The maximum atomic E-state index is 8.91. The fourth-order valence-corrected chi connectivity index (χ4v) is 1.80. The first-order chi connectivity index (χ1) is 8.65. The predicted octanol–water partition coefficient (Wildman–Crippen LogP) is 2.37. The Bertz CT molecular complexity index is 640. The highest BCUT2D eigenvalue weighted by atomic mass is 32.1. The molecule has 5 heteroatoms. The van der Waals surface area contributed by atoms with Gasteiger partial charge in [0.25, 0.3) is 0 Å². The number of methoxy groups -OCH3 is 1. The van der Waals surface area contributed by atoms with E-state index in [-0.39, 0.29) is 0 Å². The second kappa shape index (κ2) is 4.98. The van der Waals surface area contributed by atoms with Crippen molar-refractivity contribution in [3.63, 3.8) is 0 Å². The van der Waals surface area contributed by atoms with E-state index in [1.54, 1.807) is 16.8 Å². The SMILES string of the molecule is COC(=S)c1cc(C)nn1-c1cccc(C#N)c1. The van der Waals surface area contributed by atoms with Gasteiger partial charge in [-0.25, -0.2) is 4.68 Å². The summed E-state index contributed by atoms with van der Waals surface area (Å²) in [6, 6.07) is 11.1. The third-order valence-electron chi connectivity index (χ3n) is 2.45. The minimum absolute atomic E-state index is 0.373. The molecule has 1 heterocycles. The number of thiocarbonyl (C=S) groups is 1. The van der Waals surface area contributed by atoms with Crippen LogP contribution in [0.25, 0.3) is 5.69 Å². The summed E-state index contributed by atoms with van der Waals surface area (Å²) in [6.45, 7) is 1.88. The summed E-state index contributed by atoms with van der Waals surface area (Å²) >= 11 is 5.14. The summed E-state index contributed by atoms with van der Waals surface area (Å²) in [6.07, 6.45) is 0. The lowest BCUT2D eigenvalue weighted by Gasteiger charge is -2.07. The molecule has 2 aromatic rings. The largest absolute Gasteiger partial charge is 0.485 e. The quantitative estimate of drug-likeness (QED) is 0.775. The van der Waals surface area contributed by atoms with Gasteiger partial charge in [0.15, 0.2) is 0 Å². The van der Waals surface area contributed by atoms with Crippen LogP contribution in [0.3, 0.4) is 0 Å². The van der Waals surface area contributed by atoms with Crippen molar-refractivity contribution < 1.29 is 4.74 Å². The van der Waals surface area contributed by atoms with Gasteiger partial charge in [-0.1, -0.05) is 6.07 Å². The van der Waals surface area contributed by atoms with Crippen molar-refractivity contribution >= 4 is 17.3 Å². The molecular formula is C13H11N3OS. The maximum Gasteiger partial charge on any atom is 0.210 e. The molecule has 90 valence electrons. The molecular weight excluding hydrogens is 246 g/mol. The normalized spacial score (nSPS) is 9.83. The number of hydrogen-bond donors (Lipinski definition) is 0. The summed E-state index contributed by atoms with van der Waals surface area (Å²) in [5.74, 6) is 0. The first-order valence-electron chi connectivity index (χ1n) is 5.31.